The van der Waals surface area contributed by atoms with Gasteiger partial charge in [-0.15, -0.1) is 0 Å². The Labute approximate surface area is 159 Å². The molecule has 7 nitrogen and oxygen atoms in total. The summed E-state index contributed by atoms with van der Waals surface area (Å²) < 4.78 is 6.24. The van der Waals surface area contributed by atoms with Gasteiger partial charge in [0.1, 0.15) is 5.60 Å². The van der Waals surface area contributed by atoms with Gasteiger partial charge in [0, 0.05) is 19.1 Å². The van der Waals surface area contributed by atoms with E-state index in [1.165, 1.54) is 12.8 Å². The van der Waals surface area contributed by atoms with E-state index in [0.29, 0.717) is 19.6 Å². The number of rotatable bonds is 2. The van der Waals surface area contributed by atoms with Crippen molar-refractivity contribution in [3.05, 3.63) is 12.2 Å². The van der Waals surface area contributed by atoms with Crippen LogP contribution in [0.5, 0.6) is 0 Å². The zero-order chi connectivity index (χ0) is 18.6. The van der Waals surface area contributed by atoms with Gasteiger partial charge in [-0.2, -0.15) is 0 Å². The fourth-order valence-electron chi connectivity index (χ4n) is 5.73. The van der Waals surface area contributed by atoms with Crippen molar-refractivity contribution in [1.29, 1.82) is 0 Å². The Morgan fingerprint density at radius 2 is 1.96 bits per heavy atom. The molecule has 7 heteroatoms. The van der Waals surface area contributed by atoms with Crippen molar-refractivity contribution in [2.75, 3.05) is 26.2 Å². The van der Waals surface area contributed by atoms with Crippen LogP contribution in [0.2, 0.25) is 0 Å². The first kappa shape index (κ1) is 17.2. The third kappa shape index (κ3) is 2.62. The van der Waals surface area contributed by atoms with Crippen LogP contribution in [-0.4, -0.2) is 71.4 Å². The molecule has 4 aliphatic heterocycles. The van der Waals surface area contributed by atoms with Crippen molar-refractivity contribution >= 4 is 17.7 Å². The molecule has 146 valence electrons. The highest BCUT2D eigenvalue weighted by Gasteiger charge is 2.67. The number of hydrogen-bond donors (Lipinski definition) is 1. The quantitative estimate of drug-likeness (QED) is 0.563. The number of carbonyl (C=O) groups excluding carboxylic acids is 3. The monoisotopic (exact) mass is 373 g/mol. The molecule has 1 spiro atoms. The molecule has 1 N–H and O–H groups in total. The summed E-state index contributed by atoms with van der Waals surface area (Å²) in [5.41, 5.74) is -0.646. The first-order valence-corrected chi connectivity index (χ1v) is 10.3. The Hall–Kier alpha value is -1.89. The Bertz CT molecular complexity index is 699. The van der Waals surface area contributed by atoms with Gasteiger partial charge in [-0.05, 0) is 12.8 Å². The molecule has 0 aromatic carbocycles. The van der Waals surface area contributed by atoms with E-state index in [1.54, 1.807) is 4.90 Å². The number of hydrogen-bond acceptors (Lipinski definition) is 4. The topological polar surface area (TPSA) is 79.0 Å². The van der Waals surface area contributed by atoms with E-state index in [-0.39, 0.29) is 36.4 Å². The number of likely N-dealkylation sites (tertiary alicyclic amines) is 1. The second-order valence-electron chi connectivity index (χ2n) is 8.62. The second kappa shape index (κ2) is 6.33. The normalized spacial score (nSPS) is 38.9. The molecule has 0 radical (unpaired) electrons. The minimum atomic E-state index is -0.646. The molecule has 2 bridgehead atoms. The summed E-state index contributed by atoms with van der Waals surface area (Å²) in [6.45, 7) is 1.61. The molecule has 4 fully saturated rings. The van der Waals surface area contributed by atoms with Crippen LogP contribution in [0.15, 0.2) is 12.2 Å². The third-order valence-electron chi connectivity index (χ3n) is 7.03. The van der Waals surface area contributed by atoms with Gasteiger partial charge in [0.05, 0.1) is 31.0 Å². The number of nitrogens with one attached hydrogen (secondary N) is 1. The first-order chi connectivity index (χ1) is 13.1. The van der Waals surface area contributed by atoms with Crippen molar-refractivity contribution in [1.82, 2.24) is 15.1 Å². The van der Waals surface area contributed by atoms with E-state index >= 15 is 0 Å². The first-order valence-electron chi connectivity index (χ1n) is 10.3. The standard InChI is InChI=1S/C20H27N3O4/c24-15-11-22(10-9-21-15)18(25)16-14-7-8-20(27-14)12-23(19(26)17(16)20)13-5-3-1-2-4-6-13/h7-8,13-14,16-17H,1-6,9-12H2,(H,21,24)/t14-,16-,17-,20-/m0/s1. The van der Waals surface area contributed by atoms with Crippen molar-refractivity contribution in [3.63, 3.8) is 0 Å². The number of ether oxygens (including phenoxy) is 1. The van der Waals surface area contributed by atoms with Gasteiger partial charge in [0.25, 0.3) is 0 Å². The minimum Gasteiger partial charge on any atom is -0.360 e. The van der Waals surface area contributed by atoms with Gasteiger partial charge >= 0.3 is 0 Å². The zero-order valence-electron chi connectivity index (χ0n) is 15.6. The molecule has 27 heavy (non-hydrogen) atoms. The summed E-state index contributed by atoms with van der Waals surface area (Å²) >= 11 is 0. The Kier molecular flexibility index (Phi) is 4.04. The Morgan fingerprint density at radius 3 is 2.70 bits per heavy atom. The molecular weight excluding hydrogens is 346 g/mol. The lowest BCUT2D eigenvalue weighted by atomic mass is 9.76. The summed E-state index contributed by atoms with van der Waals surface area (Å²) in [6, 6.07) is 0.271. The van der Waals surface area contributed by atoms with Crippen LogP contribution in [0.3, 0.4) is 0 Å². The molecule has 3 amide bonds. The van der Waals surface area contributed by atoms with Gasteiger partial charge in [0.15, 0.2) is 0 Å². The van der Waals surface area contributed by atoms with Crippen LogP contribution in [0, 0.1) is 11.8 Å². The predicted molar refractivity (Wildman–Crippen MR) is 96.5 cm³/mol. The van der Waals surface area contributed by atoms with Gasteiger partial charge < -0.3 is 19.9 Å². The van der Waals surface area contributed by atoms with E-state index in [1.807, 2.05) is 17.1 Å². The third-order valence-corrected chi connectivity index (χ3v) is 7.03. The molecule has 1 saturated carbocycles. The highest BCUT2D eigenvalue weighted by molar-refractivity contribution is 5.94. The van der Waals surface area contributed by atoms with Crippen molar-refractivity contribution in [2.45, 2.75) is 56.3 Å². The van der Waals surface area contributed by atoms with Crippen LogP contribution in [0.25, 0.3) is 0 Å². The second-order valence-corrected chi connectivity index (χ2v) is 8.62. The summed E-state index contributed by atoms with van der Waals surface area (Å²) in [6.07, 6.45) is 10.5. The van der Waals surface area contributed by atoms with E-state index in [2.05, 4.69) is 5.32 Å². The average molecular weight is 373 g/mol. The maximum Gasteiger partial charge on any atom is 0.239 e. The minimum absolute atomic E-state index is 0.0754. The van der Waals surface area contributed by atoms with Crippen LogP contribution < -0.4 is 5.32 Å². The summed E-state index contributed by atoms with van der Waals surface area (Å²) in [5.74, 6) is -1.10. The molecule has 0 aromatic heterocycles. The molecule has 5 aliphatic rings. The number of piperazine rings is 1. The Morgan fingerprint density at radius 1 is 1.19 bits per heavy atom. The van der Waals surface area contributed by atoms with Crippen LogP contribution in [0.4, 0.5) is 0 Å². The van der Waals surface area contributed by atoms with Crippen LogP contribution in [0.1, 0.15) is 38.5 Å². The molecule has 5 rings (SSSR count). The number of amides is 3. The fourth-order valence-corrected chi connectivity index (χ4v) is 5.73. The van der Waals surface area contributed by atoms with Gasteiger partial charge in [-0.25, -0.2) is 0 Å². The molecule has 1 aliphatic carbocycles. The molecular formula is C20H27N3O4. The van der Waals surface area contributed by atoms with E-state index < -0.39 is 17.4 Å². The van der Waals surface area contributed by atoms with Crippen molar-refractivity contribution in [2.24, 2.45) is 11.8 Å². The van der Waals surface area contributed by atoms with Crippen LogP contribution in [-0.2, 0) is 19.1 Å². The SMILES string of the molecule is O=C1CN(C(=O)[C@H]2[C@@H]3C=C[C@@]4(CN(C5CCCCCC5)C(=O)[C@H]24)O3)CCN1. The van der Waals surface area contributed by atoms with Gasteiger partial charge in [0.2, 0.25) is 17.7 Å². The largest absolute Gasteiger partial charge is 0.360 e. The van der Waals surface area contributed by atoms with Crippen molar-refractivity contribution in [3.8, 4) is 0 Å². The number of carbonyl (C=O) groups is 3. The van der Waals surface area contributed by atoms with Gasteiger partial charge in [-0.1, -0.05) is 37.8 Å². The average Bonchev–Trinajstić information content (AvgIpc) is 3.21. The molecule has 4 atom stereocenters. The summed E-state index contributed by atoms with van der Waals surface area (Å²) in [4.78, 5) is 41.9. The zero-order valence-corrected chi connectivity index (χ0v) is 15.6. The van der Waals surface area contributed by atoms with E-state index in [0.717, 1.165) is 25.7 Å². The fraction of sp³-hybridized carbons (Fsp3) is 0.750. The highest BCUT2D eigenvalue weighted by Crippen LogP contribution is 2.53. The smallest absolute Gasteiger partial charge is 0.239 e. The molecule has 0 aromatic rings. The number of nitrogens with zero attached hydrogens (tertiary/aromatic N) is 2. The lowest BCUT2D eigenvalue weighted by Crippen LogP contribution is -2.54. The maximum absolute atomic E-state index is 13.4. The van der Waals surface area contributed by atoms with Crippen molar-refractivity contribution < 1.29 is 19.1 Å². The predicted octanol–water partition coefficient (Wildman–Crippen LogP) is 0.450. The lowest BCUT2D eigenvalue weighted by molar-refractivity contribution is -0.146. The Balaban J connectivity index is 1.39. The summed E-state index contributed by atoms with van der Waals surface area (Å²) in [7, 11) is 0. The summed E-state index contributed by atoms with van der Waals surface area (Å²) in [5, 5.41) is 2.75. The molecule has 4 heterocycles. The molecule has 3 saturated heterocycles. The molecule has 0 unspecified atom stereocenters. The van der Waals surface area contributed by atoms with Crippen LogP contribution >= 0.6 is 0 Å². The lowest BCUT2D eigenvalue weighted by Gasteiger charge is -2.32. The van der Waals surface area contributed by atoms with E-state index in [4.69, 9.17) is 4.74 Å². The van der Waals surface area contributed by atoms with E-state index in [9.17, 15) is 14.4 Å². The van der Waals surface area contributed by atoms with Gasteiger partial charge in [-0.3, -0.25) is 14.4 Å². The highest BCUT2D eigenvalue weighted by atomic mass is 16.5. The number of fused-ring (bicyclic) bond motifs is 1. The maximum atomic E-state index is 13.4.